The fourth-order valence-electron chi connectivity index (χ4n) is 0.123. The van der Waals surface area contributed by atoms with Crippen LogP contribution < -0.4 is 5.73 Å². The smallest absolute Gasteiger partial charge is 0.304 e. The van der Waals surface area contributed by atoms with E-state index in [4.69, 9.17) is 16.2 Å². The number of carbonyl (C=O) groups is 1. The first-order valence-electron chi connectivity index (χ1n) is 2.14. The summed E-state index contributed by atoms with van der Waals surface area (Å²) in [5.41, 5.74) is 4.85. The maximum absolute atomic E-state index is 9.52. The van der Waals surface area contributed by atoms with E-state index in [1.807, 2.05) is 0 Å². The van der Waals surface area contributed by atoms with E-state index in [9.17, 15) is 4.79 Å². The van der Waals surface area contributed by atoms with Crippen molar-refractivity contribution in [3.63, 3.8) is 0 Å². The molecule has 5 heteroatoms. The summed E-state index contributed by atoms with van der Waals surface area (Å²) in [6, 6.07) is 0. The maximum atomic E-state index is 9.52. The summed E-state index contributed by atoms with van der Waals surface area (Å²) in [6.45, 7) is 0.231. The molecule has 0 unspecified atom stereocenters. The molecule has 0 aromatic rings. The van der Waals surface area contributed by atoms with Crippen LogP contribution in [-0.2, 0) is 4.79 Å². The van der Waals surface area contributed by atoms with Gasteiger partial charge in [0.1, 0.15) is 0 Å². The van der Waals surface area contributed by atoms with Crippen LogP contribution in [0.3, 0.4) is 0 Å². The third-order valence-electron chi connectivity index (χ3n) is 0.358. The first-order valence-corrected chi connectivity index (χ1v) is 2.55. The lowest BCUT2D eigenvalue weighted by molar-refractivity contribution is -0.136. The molecule has 0 amide bonds. The number of rotatable bonds is 2. The van der Waals surface area contributed by atoms with Crippen LogP contribution in [-0.4, -0.2) is 22.8 Å². The highest BCUT2D eigenvalue weighted by Crippen LogP contribution is 1.67. The van der Waals surface area contributed by atoms with Gasteiger partial charge in [0.25, 0.3) is 0 Å². The van der Waals surface area contributed by atoms with Crippen molar-refractivity contribution in [3.8, 4) is 0 Å². The molecule has 0 aromatic heterocycles. The zero-order valence-electron chi connectivity index (χ0n) is 4.76. The van der Waals surface area contributed by atoms with Gasteiger partial charge in [-0.05, 0) is 12.2 Å². The topological polar surface area (TPSA) is 87.2 Å². The Labute approximate surface area is 58.2 Å². The molecule has 0 radical (unpaired) electrons. The van der Waals surface area contributed by atoms with E-state index in [0.29, 0.717) is 0 Å². The average molecular weight is 148 g/mol. The minimum absolute atomic E-state index is 0.0694. The lowest BCUT2D eigenvalue weighted by Crippen LogP contribution is -2.05. The summed E-state index contributed by atoms with van der Waals surface area (Å²) >= 11 is 3.81. The highest BCUT2D eigenvalue weighted by Gasteiger charge is 1.87. The maximum Gasteiger partial charge on any atom is 0.304 e. The quantitative estimate of drug-likeness (QED) is 0.382. The number of hydrogen-bond donors (Lipinski definition) is 3. The predicted octanol–water partition coefficient (Wildman–Crippen LogP) is 0.0878. The molecule has 4 N–H and O–H groups in total. The molecule has 0 saturated heterocycles. The van der Waals surface area contributed by atoms with Crippen LogP contribution >= 0.6 is 12.2 Å². The zero-order chi connectivity index (χ0) is 7.70. The predicted molar refractivity (Wildman–Crippen MR) is 36.6 cm³/mol. The molecule has 0 bridgehead atoms. The van der Waals surface area contributed by atoms with Crippen molar-refractivity contribution in [1.82, 2.24) is 0 Å². The molecule has 4 nitrogen and oxygen atoms in total. The van der Waals surface area contributed by atoms with Crippen LogP contribution in [0.25, 0.3) is 0 Å². The van der Waals surface area contributed by atoms with Crippen LogP contribution in [0.5, 0.6) is 0 Å². The Morgan fingerprint density at radius 1 is 1.89 bits per heavy atom. The number of nitrogens with two attached hydrogens (primary N) is 1. The Morgan fingerprint density at radius 3 is 2.22 bits per heavy atom. The molecule has 0 aliphatic carbocycles. The van der Waals surface area contributed by atoms with Crippen molar-refractivity contribution >= 4 is 23.3 Å². The van der Waals surface area contributed by atoms with Crippen molar-refractivity contribution in [1.29, 1.82) is 5.41 Å². The standard InChI is InChI=1S/C3H7NO2.CHNS/c4-2-1-3(5)6;2-1-3/h1-2,4H2,(H,5,6);2H. The summed E-state index contributed by atoms with van der Waals surface area (Å²) in [5.74, 6) is -0.836. The van der Waals surface area contributed by atoms with E-state index in [0.717, 1.165) is 0 Å². The summed E-state index contributed by atoms with van der Waals surface area (Å²) in [5, 5.41) is 15.2. The Kier molecular flexibility index (Phi) is 12.6. The SMILES string of the molecule is N=C=S.NCCC(=O)O. The number of nitrogens with one attached hydrogen (secondary N) is 1. The highest BCUT2D eigenvalue weighted by atomic mass is 32.1. The third-order valence-corrected chi connectivity index (χ3v) is 0.358. The van der Waals surface area contributed by atoms with E-state index in [1.54, 1.807) is 5.16 Å². The molecule has 0 atom stereocenters. The molecule has 0 heterocycles. The second kappa shape index (κ2) is 10.3. The molecule has 0 aliphatic rings. The van der Waals surface area contributed by atoms with Gasteiger partial charge in [-0.2, -0.15) is 0 Å². The van der Waals surface area contributed by atoms with Gasteiger partial charge < -0.3 is 10.8 Å². The molecular formula is C4H8N2O2S. The van der Waals surface area contributed by atoms with Gasteiger partial charge in [-0.15, -0.1) is 0 Å². The monoisotopic (exact) mass is 148 g/mol. The molecule has 0 aromatic carbocycles. The van der Waals surface area contributed by atoms with Crippen molar-refractivity contribution < 1.29 is 9.90 Å². The molecule has 0 fully saturated rings. The van der Waals surface area contributed by atoms with E-state index >= 15 is 0 Å². The fraction of sp³-hybridized carbons (Fsp3) is 0.500. The van der Waals surface area contributed by atoms with Crippen LogP contribution in [0.4, 0.5) is 0 Å². The summed E-state index contributed by atoms with van der Waals surface area (Å²) in [4.78, 5) is 9.52. The minimum Gasteiger partial charge on any atom is -0.481 e. The number of aliphatic carboxylic acids is 1. The van der Waals surface area contributed by atoms with E-state index in [2.05, 4.69) is 12.2 Å². The molecular weight excluding hydrogens is 140 g/mol. The van der Waals surface area contributed by atoms with Gasteiger partial charge in [0.15, 0.2) is 0 Å². The van der Waals surface area contributed by atoms with Gasteiger partial charge in [0, 0.05) is 6.54 Å². The molecule has 9 heavy (non-hydrogen) atoms. The molecule has 0 aliphatic heterocycles. The van der Waals surface area contributed by atoms with Crippen molar-refractivity contribution in [2.45, 2.75) is 6.42 Å². The Hall–Kier alpha value is -0.770. The third kappa shape index (κ3) is 39.8. The van der Waals surface area contributed by atoms with Crippen molar-refractivity contribution in [3.05, 3.63) is 0 Å². The van der Waals surface area contributed by atoms with E-state index in [-0.39, 0.29) is 13.0 Å². The first-order chi connectivity index (χ1) is 4.18. The number of hydrogen-bond acceptors (Lipinski definition) is 4. The van der Waals surface area contributed by atoms with Gasteiger partial charge >= 0.3 is 5.97 Å². The largest absolute Gasteiger partial charge is 0.481 e. The van der Waals surface area contributed by atoms with Gasteiger partial charge in [0.2, 0.25) is 0 Å². The van der Waals surface area contributed by atoms with Crippen LogP contribution in [0.15, 0.2) is 0 Å². The van der Waals surface area contributed by atoms with Gasteiger partial charge in [-0.3, -0.25) is 4.79 Å². The van der Waals surface area contributed by atoms with Gasteiger partial charge in [-0.25, -0.2) is 5.41 Å². The number of isothiocyanates is 1. The van der Waals surface area contributed by atoms with Gasteiger partial charge in [0.05, 0.1) is 11.6 Å². The second-order valence-electron chi connectivity index (χ2n) is 1.03. The Bertz CT molecular complexity index is 109. The van der Waals surface area contributed by atoms with Crippen molar-refractivity contribution in [2.24, 2.45) is 5.73 Å². The highest BCUT2D eigenvalue weighted by molar-refractivity contribution is 7.78. The zero-order valence-corrected chi connectivity index (χ0v) is 5.57. The number of thiocarbonyl (C=S) groups is 1. The Balaban J connectivity index is 0. The number of carboxylic acids is 1. The van der Waals surface area contributed by atoms with Crippen molar-refractivity contribution in [2.75, 3.05) is 6.54 Å². The van der Waals surface area contributed by atoms with E-state index < -0.39 is 5.97 Å². The van der Waals surface area contributed by atoms with Gasteiger partial charge in [-0.1, -0.05) is 0 Å². The number of carboxylic acid groups (broad SMARTS) is 1. The molecule has 0 spiro atoms. The van der Waals surface area contributed by atoms with Crippen LogP contribution in [0.2, 0.25) is 0 Å². The lowest BCUT2D eigenvalue weighted by atomic mass is 10.5. The molecule has 0 rings (SSSR count). The average Bonchev–Trinajstić information content (AvgIpc) is 1.67. The van der Waals surface area contributed by atoms with Crippen LogP contribution in [0.1, 0.15) is 6.42 Å². The Morgan fingerprint density at radius 2 is 2.22 bits per heavy atom. The second-order valence-corrected chi connectivity index (χ2v) is 1.24. The normalized spacial score (nSPS) is 6.33. The molecule has 52 valence electrons. The van der Waals surface area contributed by atoms with E-state index in [1.165, 1.54) is 0 Å². The summed E-state index contributed by atoms with van der Waals surface area (Å²) in [7, 11) is 0. The molecule has 0 saturated carbocycles. The van der Waals surface area contributed by atoms with Crippen LogP contribution in [0, 0.1) is 5.41 Å². The summed E-state index contributed by atoms with van der Waals surface area (Å²) < 4.78 is 0. The fourth-order valence-corrected chi connectivity index (χ4v) is 0.123. The summed E-state index contributed by atoms with van der Waals surface area (Å²) in [6.07, 6.45) is 0.0694. The first kappa shape index (κ1) is 11.1. The minimum atomic E-state index is -0.836. The lowest BCUT2D eigenvalue weighted by Gasteiger charge is -1.80.